The van der Waals surface area contributed by atoms with Crippen molar-refractivity contribution in [3.63, 3.8) is 0 Å². The van der Waals surface area contributed by atoms with Crippen molar-refractivity contribution in [3.8, 4) is 5.75 Å². The first-order valence-corrected chi connectivity index (χ1v) is 7.43. The maximum Gasteiger partial charge on any atom is 0.122 e. The lowest BCUT2D eigenvalue weighted by molar-refractivity contribution is 0.364. The molecule has 1 heterocycles. The van der Waals surface area contributed by atoms with Crippen LogP contribution in [0.2, 0.25) is 5.02 Å². The predicted molar refractivity (Wildman–Crippen MR) is 80.0 cm³/mol. The Labute approximate surface area is 120 Å². The molecule has 0 N–H and O–H groups in total. The minimum atomic E-state index is 0.842. The Morgan fingerprint density at radius 1 is 1.21 bits per heavy atom. The summed E-state index contributed by atoms with van der Waals surface area (Å²) in [7, 11) is 1.73. The molecule has 3 rings (SSSR count). The van der Waals surface area contributed by atoms with Crippen LogP contribution in [0.1, 0.15) is 30.4 Å². The Morgan fingerprint density at radius 3 is 2.74 bits per heavy atom. The average molecular weight is 278 g/mol. The van der Waals surface area contributed by atoms with E-state index < -0.39 is 0 Å². The molecule has 1 fully saturated rings. The number of rotatable bonds is 3. The van der Waals surface area contributed by atoms with Crippen molar-refractivity contribution >= 4 is 17.7 Å². The summed E-state index contributed by atoms with van der Waals surface area (Å²) in [6, 6.07) is 3.91. The lowest BCUT2D eigenvalue weighted by Crippen LogP contribution is -2.23. The van der Waals surface area contributed by atoms with Gasteiger partial charge >= 0.3 is 0 Å². The van der Waals surface area contributed by atoms with E-state index in [1.165, 1.54) is 42.6 Å². The number of nitrogens with zero attached hydrogens (tertiary/aromatic N) is 1. The zero-order valence-corrected chi connectivity index (χ0v) is 12.2. The molecule has 0 saturated carbocycles. The zero-order chi connectivity index (χ0) is 13.2. The fourth-order valence-corrected chi connectivity index (χ4v) is 3.37. The quantitative estimate of drug-likeness (QED) is 0.834. The maximum absolute atomic E-state index is 6.34. The van der Waals surface area contributed by atoms with Gasteiger partial charge in [-0.2, -0.15) is 0 Å². The van der Waals surface area contributed by atoms with Crippen LogP contribution in [-0.2, 0) is 6.42 Å². The van der Waals surface area contributed by atoms with Crippen LogP contribution < -0.4 is 4.74 Å². The molecule has 1 saturated heterocycles. The topological polar surface area (TPSA) is 12.5 Å². The molecule has 0 unspecified atom stereocenters. The van der Waals surface area contributed by atoms with E-state index in [0.29, 0.717) is 0 Å². The van der Waals surface area contributed by atoms with Crippen molar-refractivity contribution in [3.05, 3.63) is 33.9 Å². The van der Waals surface area contributed by atoms with Crippen molar-refractivity contribution in [2.24, 2.45) is 0 Å². The molecule has 0 bridgehead atoms. The third-order valence-corrected chi connectivity index (χ3v) is 4.48. The number of halogens is 1. The van der Waals surface area contributed by atoms with Crippen molar-refractivity contribution in [2.75, 3.05) is 26.7 Å². The Balaban J connectivity index is 1.87. The van der Waals surface area contributed by atoms with Crippen LogP contribution in [-0.4, -0.2) is 31.6 Å². The van der Waals surface area contributed by atoms with Gasteiger partial charge in [-0.3, -0.25) is 4.90 Å². The van der Waals surface area contributed by atoms with Gasteiger partial charge in [0, 0.05) is 17.1 Å². The zero-order valence-electron chi connectivity index (χ0n) is 11.4. The molecule has 1 aliphatic heterocycles. The number of fused-ring (bicyclic) bond motifs is 1. The van der Waals surface area contributed by atoms with Gasteiger partial charge in [-0.15, -0.1) is 0 Å². The van der Waals surface area contributed by atoms with Gasteiger partial charge in [0.05, 0.1) is 7.11 Å². The number of ether oxygens (including phenoxy) is 1. The molecule has 0 aromatic heterocycles. The number of likely N-dealkylation sites (tertiary alicyclic amines) is 1. The van der Waals surface area contributed by atoms with Gasteiger partial charge in [-0.25, -0.2) is 0 Å². The Morgan fingerprint density at radius 2 is 2.00 bits per heavy atom. The minimum Gasteiger partial charge on any atom is -0.496 e. The molecular weight excluding hydrogens is 258 g/mol. The standard InChI is InChI=1S/C16H20ClNO/c1-19-16-7-6-15(17)14-10-12(4-5-13(14)16)11-18-8-2-3-9-18/h6-7,10H,2-5,8-9,11H2,1H3. The van der Waals surface area contributed by atoms with Crippen molar-refractivity contribution in [1.82, 2.24) is 4.90 Å². The molecule has 0 spiro atoms. The first-order chi connectivity index (χ1) is 9.28. The van der Waals surface area contributed by atoms with Gasteiger partial charge in [0.15, 0.2) is 0 Å². The molecule has 1 aromatic carbocycles. The van der Waals surface area contributed by atoms with Crippen LogP contribution in [0, 0.1) is 0 Å². The smallest absolute Gasteiger partial charge is 0.122 e. The lowest BCUT2D eigenvalue weighted by Gasteiger charge is -2.23. The van der Waals surface area contributed by atoms with Crippen LogP contribution in [0.4, 0.5) is 0 Å². The van der Waals surface area contributed by atoms with E-state index in [0.717, 1.165) is 30.2 Å². The molecule has 1 aromatic rings. The molecular formula is C16H20ClNO. The number of benzene rings is 1. The summed E-state index contributed by atoms with van der Waals surface area (Å²) in [6.45, 7) is 3.60. The largest absolute Gasteiger partial charge is 0.496 e. The maximum atomic E-state index is 6.34. The second-order valence-corrected chi connectivity index (χ2v) is 5.83. The van der Waals surface area contributed by atoms with E-state index in [1.54, 1.807) is 7.11 Å². The third kappa shape index (κ3) is 2.65. The van der Waals surface area contributed by atoms with Crippen molar-refractivity contribution in [2.45, 2.75) is 25.7 Å². The Hall–Kier alpha value is -0.990. The van der Waals surface area contributed by atoms with Gasteiger partial charge in [-0.1, -0.05) is 23.3 Å². The predicted octanol–water partition coefficient (Wildman–Crippen LogP) is 3.77. The van der Waals surface area contributed by atoms with E-state index in [9.17, 15) is 0 Å². The summed E-state index contributed by atoms with van der Waals surface area (Å²) >= 11 is 6.34. The fraction of sp³-hybridized carbons (Fsp3) is 0.500. The van der Waals surface area contributed by atoms with Gasteiger partial charge in [-0.05, 0) is 56.5 Å². The van der Waals surface area contributed by atoms with Crippen molar-refractivity contribution < 1.29 is 4.74 Å². The molecule has 0 amide bonds. The summed E-state index contributed by atoms with van der Waals surface area (Å²) in [4.78, 5) is 2.55. The lowest BCUT2D eigenvalue weighted by atomic mass is 9.91. The molecule has 19 heavy (non-hydrogen) atoms. The summed E-state index contributed by atoms with van der Waals surface area (Å²) < 4.78 is 5.44. The van der Waals surface area contributed by atoms with Crippen LogP contribution in [0.25, 0.3) is 6.08 Å². The van der Waals surface area contributed by atoms with Gasteiger partial charge in [0.2, 0.25) is 0 Å². The highest BCUT2D eigenvalue weighted by Gasteiger charge is 2.19. The number of methoxy groups -OCH3 is 1. The highest BCUT2D eigenvalue weighted by molar-refractivity contribution is 6.32. The van der Waals surface area contributed by atoms with Crippen LogP contribution in [0.3, 0.4) is 0 Å². The molecule has 0 radical (unpaired) electrons. The molecule has 2 aliphatic rings. The highest BCUT2D eigenvalue weighted by atomic mass is 35.5. The fourth-order valence-electron chi connectivity index (χ4n) is 3.14. The summed E-state index contributed by atoms with van der Waals surface area (Å²) in [5.41, 5.74) is 3.94. The van der Waals surface area contributed by atoms with E-state index in [2.05, 4.69) is 11.0 Å². The number of hydrogen-bond donors (Lipinski definition) is 0. The van der Waals surface area contributed by atoms with E-state index >= 15 is 0 Å². The average Bonchev–Trinajstić information content (AvgIpc) is 2.93. The molecule has 102 valence electrons. The second-order valence-electron chi connectivity index (χ2n) is 5.43. The number of hydrogen-bond acceptors (Lipinski definition) is 2. The van der Waals surface area contributed by atoms with Crippen LogP contribution in [0.5, 0.6) is 5.75 Å². The summed E-state index contributed by atoms with van der Waals surface area (Å²) in [5, 5.41) is 0.842. The Kier molecular flexibility index (Phi) is 3.81. The van der Waals surface area contributed by atoms with E-state index in [4.69, 9.17) is 16.3 Å². The first kappa shape index (κ1) is 13.0. The second kappa shape index (κ2) is 5.56. The normalized spacial score (nSPS) is 19.2. The SMILES string of the molecule is COc1ccc(Cl)c2c1CCC(CN1CCCC1)=C2. The van der Waals surface area contributed by atoms with Gasteiger partial charge in [0.25, 0.3) is 0 Å². The first-order valence-electron chi connectivity index (χ1n) is 7.05. The van der Waals surface area contributed by atoms with Gasteiger partial charge < -0.3 is 4.74 Å². The van der Waals surface area contributed by atoms with Crippen LogP contribution in [0.15, 0.2) is 17.7 Å². The molecule has 2 nitrogen and oxygen atoms in total. The molecule has 1 aliphatic carbocycles. The highest BCUT2D eigenvalue weighted by Crippen LogP contribution is 2.36. The summed E-state index contributed by atoms with van der Waals surface area (Å²) in [6.07, 6.45) is 7.14. The van der Waals surface area contributed by atoms with Gasteiger partial charge in [0.1, 0.15) is 5.75 Å². The van der Waals surface area contributed by atoms with E-state index in [1.807, 2.05) is 12.1 Å². The molecule has 3 heteroatoms. The third-order valence-electron chi connectivity index (χ3n) is 4.15. The minimum absolute atomic E-state index is 0.842. The summed E-state index contributed by atoms with van der Waals surface area (Å²) in [5.74, 6) is 0.968. The van der Waals surface area contributed by atoms with Crippen molar-refractivity contribution in [1.29, 1.82) is 0 Å². The Bertz CT molecular complexity index is 504. The van der Waals surface area contributed by atoms with Crippen LogP contribution >= 0.6 is 11.6 Å². The monoisotopic (exact) mass is 277 g/mol. The van der Waals surface area contributed by atoms with E-state index in [-0.39, 0.29) is 0 Å². The molecule has 0 atom stereocenters.